The Bertz CT molecular complexity index is 967. The summed E-state index contributed by atoms with van der Waals surface area (Å²) in [5.74, 6) is 0.382. The standard InChI is InChI=1S/C21H23ClN4O2/c1-14-5-8-16(9-6-14)20-24-19(21(27)23-11-4-12-28-3)25-26(20)17-10-7-15(2)18(22)13-17/h5-10,13H,4,11-12H2,1-3H3,(H,23,27). The molecule has 1 amide bonds. The van der Waals surface area contributed by atoms with Gasteiger partial charge in [0.05, 0.1) is 5.69 Å². The summed E-state index contributed by atoms with van der Waals surface area (Å²) in [6, 6.07) is 13.6. The molecule has 146 valence electrons. The maximum Gasteiger partial charge on any atom is 0.290 e. The van der Waals surface area contributed by atoms with Crippen molar-refractivity contribution in [3.05, 3.63) is 64.4 Å². The molecule has 0 atom stereocenters. The first-order valence-corrected chi connectivity index (χ1v) is 9.45. The van der Waals surface area contributed by atoms with E-state index in [1.165, 1.54) is 0 Å². The molecule has 3 aromatic rings. The maximum absolute atomic E-state index is 12.5. The van der Waals surface area contributed by atoms with Crippen LogP contribution in [-0.4, -0.2) is 40.9 Å². The highest BCUT2D eigenvalue weighted by atomic mass is 35.5. The van der Waals surface area contributed by atoms with Crippen LogP contribution in [0.25, 0.3) is 17.1 Å². The molecule has 7 heteroatoms. The first-order chi connectivity index (χ1) is 13.5. The van der Waals surface area contributed by atoms with Gasteiger partial charge in [-0.3, -0.25) is 4.79 Å². The second kappa shape index (κ2) is 8.99. The first kappa shape index (κ1) is 20.0. The number of hydrogen-bond donors (Lipinski definition) is 1. The highest BCUT2D eigenvalue weighted by Gasteiger charge is 2.19. The molecule has 0 saturated heterocycles. The Morgan fingerprint density at radius 3 is 2.61 bits per heavy atom. The van der Waals surface area contributed by atoms with Gasteiger partial charge < -0.3 is 10.1 Å². The number of benzene rings is 2. The first-order valence-electron chi connectivity index (χ1n) is 9.07. The smallest absolute Gasteiger partial charge is 0.290 e. The Morgan fingerprint density at radius 2 is 1.93 bits per heavy atom. The van der Waals surface area contributed by atoms with E-state index < -0.39 is 0 Å². The van der Waals surface area contributed by atoms with Gasteiger partial charge in [-0.1, -0.05) is 47.5 Å². The lowest BCUT2D eigenvalue weighted by atomic mass is 10.1. The van der Waals surface area contributed by atoms with E-state index in [2.05, 4.69) is 15.4 Å². The highest BCUT2D eigenvalue weighted by molar-refractivity contribution is 6.31. The van der Waals surface area contributed by atoms with Crippen molar-refractivity contribution in [3.8, 4) is 17.1 Å². The van der Waals surface area contributed by atoms with Crippen molar-refractivity contribution in [3.63, 3.8) is 0 Å². The summed E-state index contributed by atoms with van der Waals surface area (Å²) >= 11 is 6.30. The molecule has 0 unspecified atom stereocenters. The zero-order chi connectivity index (χ0) is 20.1. The molecule has 0 spiro atoms. The van der Waals surface area contributed by atoms with E-state index in [-0.39, 0.29) is 11.7 Å². The Balaban J connectivity index is 1.98. The molecule has 0 aliphatic rings. The molecule has 0 fully saturated rings. The summed E-state index contributed by atoms with van der Waals surface area (Å²) in [6.07, 6.45) is 0.724. The van der Waals surface area contributed by atoms with E-state index in [4.69, 9.17) is 16.3 Å². The lowest BCUT2D eigenvalue weighted by Gasteiger charge is -2.08. The van der Waals surface area contributed by atoms with Gasteiger partial charge in [0.2, 0.25) is 5.82 Å². The van der Waals surface area contributed by atoms with Gasteiger partial charge in [0.1, 0.15) is 0 Å². The van der Waals surface area contributed by atoms with Gasteiger partial charge in [-0.25, -0.2) is 9.67 Å². The average Bonchev–Trinajstić information content (AvgIpc) is 3.13. The molecule has 2 aromatic carbocycles. The highest BCUT2D eigenvalue weighted by Crippen LogP contribution is 2.25. The zero-order valence-corrected chi connectivity index (χ0v) is 17.0. The third kappa shape index (κ3) is 4.58. The lowest BCUT2D eigenvalue weighted by molar-refractivity contribution is 0.0938. The molecular weight excluding hydrogens is 376 g/mol. The van der Waals surface area contributed by atoms with E-state index >= 15 is 0 Å². The van der Waals surface area contributed by atoms with Crippen molar-refractivity contribution < 1.29 is 9.53 Å². The number of carbonyl (C=O) groups is 1. The minimum absolute atomic E-state index is 0.115. The van der Waals surface area contributed by atoms with Crippen LogP contribution in [0.4, 0.5) is 0 Å². The molecule has 1 heterocycles. The third-order valence-corrected chi connectivity index (χ3v) is 4.74. The van der Waals surface area contributed by atoms with Crippen molar-refractivity contribution >= 4 is 17.5 Å². The normalized spacial score (nSPS) is 10.9. The number of rotatable bonds is 7. The van der Waals surface area contributed by atoms with Crippen LogP contribution in [0.3, 0.4) is 0 Å². The van der Waals surface area contributed by atoms with Crippen molar-refractivity contribution in [2.75, 3.05) is 20.3 Å². The summed E-state index contributed by atoms with van der Waals surface area (Å²) in [4.78, 5) is 17.0. The molecule has 0 radical (unpaired) electrons. The maximum atomic E-state index is 12.5. The third-order valence-electron chi connectivity index (χ3n) is 4.33. The second-order valence-corrected chi connectivity index (χ2v) is 6.98. The molecule has 0 bridgehead atoms. The summed E-state index contributed by atoms with van der Waals surface area (Å²) in [7, 11) is 1.63. The van der Waals surface area contributed by atoms with Gasteiger partial charge in [0.25, 0.3) is 5.91 Å². The fourth-order valence-electron chi connectivity index (χ4n) is 2.69. The molecule has 0 aliphatic carbocycles. The van der Waals surface area contributed by atoms with Crippen LogP contribution in [0, 0.1) is 13.8 Å². The monoisotopic (exact) mass is 398 g/mol. The number of aromatic nitrogens is 3. The van der Waals surface area contributed by atoms with E-state index in [0.717, 1.165) is 28.8 Å². The van der Waals surface area contributed by atoms with Crippen LogP contribution < -0.4 is 5.32 Å². The molecule has 6 nitrogen and oxygen atoms in total. The minimum atomic E-state index is -0.318. The lowest BCUT2D eigenvalue weighted by Crippen LogP contribution is -2.26. The van der Waals surface area contributed by atoms with E-state index in [9.17, 15) is 4.79 Å². The van der Waals surface area contributed by atoms with E-state index in [0.29, 0.717) is 24.0 Å². The number of amides is 1. The molecular formula is C21H23ClN4O2. The number of carbonyl (C=O) groups excluding carboxylic acids is 1. The molecule has 28 heavy (non-hydrogen) atoms. The largest absolute Gasteiger partial charge is 0.385 e. The predicted octanol–water partition coefficient (Wildman–Crippen LogP) is 3.97. The summed E-state index contributed by atoms with van der Waals surface area (Å²) in [5.41, 5.74) is 3.73. The van der Waals surface area contributed by atoms with Crippen LogP contribution in [0.15, 0.2) is 42.5 Å². The fraction of sp³-hybridized carbons (Fsp3) is 0.286. The fourth-order valence-corrected chi connectivity index (χ4v) is 2.86. The van der Waals surface area contributed by atoms with Crippen LogP contribution >= 0.6 is 11.6 Å². The number of nitrogens with zero attached hydrogens (tertiary/aromatic N) is 3. The zero-order valence-electron chi connectivity index (χ0n) is 16.2. The van der Waals surface area contributed by atoms with Gasteiger partial charge >= 0.3 is 0 Å². The number of methoxy groups -OCH3 is 1. The second-order valence-electron chi connectivity index (χ2n) is 6.57. The molecule has 1 N–H and O–H groups in total. The summed E-state index contributed by atoms with van der Waals surface area (Å²) in [5, 5.41) is 7.91. The Labute approximate surface area is 169 Å². The summed E-state index contributed by atoms with van der Waals surface area (Å²) in [6.45, 7) is 5.04. The van der Waals surface area contributed by atoms with E-state index in [1.807, 2.05) is 56.3 Å². The Kier molecular flexibility index (Phi) is 6.44. The van der Waals surface area contributed by atoms with E-state index in [1.54, 1.807) is 11.8 Å². The van der Waals surface area contributed by atoms with Crippen molar-refractivity contribution in [1.82, 2.24) is 20.1 Å². The van der Waals surface area contributed by atoms with Crippen LogP contribution in [0.1, 0.15) is 28.2 Å². The van der Waals surface area contributed by atoms with Gasteiger partial charge in [-0.05, 0) is 38.0 Å². The number of aryl methyl sites for hydroxylation is 2. The summed E-state index contributed by atoms with van der Waals surface area (Å²) < 4.78 is 6.65. The van der Waals surface area contributed by atoms with Crippen molar-refractivity contribution in [1.29, 1.82) is 0 Å². The average molecular weight is 399 g/mol. The molecule has 0 aliphatic heterocycles. The van der Waals surface area contributed by atoms with Crippen molar-refractivity contribution in [2.45, 2.75) is 20.3 Å². The number of hydrogen-bond acceptors (Lipinski definition) is 4. The predicted molar refractivity (Wildman–Crippen MR) is 110 cm³/mol. The Hall–Kier alpha value is -2.70. The van der Waals surface area contributed by atoms with Gasteiger partial charge in [0.15, 0.2) is 5.82 Å². The quantitative estimate of drug-likeness (QED) is 0.611. The Morgan fingerprint density at radius 1 is 1.18 bits per heavy atom. The number of ether oxygens (including phenoxy) is 1. The van der Waals surface area contributed by atoms with Crippen LogP contribution in [0.2, 0.25) is 5.02 Å². The number of nitrogens with one attached hydrogen (secondary N) is 1. The molecule has 3 rings (SSSR count). The molecule has 0 saturated carbocycles. The topological polar surface area (TPSA) is 69.0 Å². The molecule has 1 aromatic heterocycles. The SMILES string of the molecule is COCCCNC(=O)c1nc(-c2ccc(C)cc2)n(-c2ccc(C)c(Cl)c2)n1. The number of halogens is 1. The van der Waals surface area contributed by atoms with Crippen molar-refractivity contribution in [2.24, 2.45) is 0 Å². The van der Waals surface area contributed by atoms with Crippen LogP contribution in [0.5, 0.6) is 0 Å². The van der Waals surface area contributed by atoms with Gasteiger partial charge in [-0.15, -0.1) is 5.10 Å². The van der Waals surface area contributed by atoms with Gasteiger partial charge in [-0.2, -0.15) is 0 Å². The van der Waals surface area contributed by atoms with Crippen LogP contribution in [-0.2, 0) is 4.74 Å². The minimum Gasteiger partial charge on any atom is -0.385 e. The van der Waals surface area contributed by atoms with Gasteiger partial charge in [0, 0.05) is 30.8 Å².